The summed E-state index contributed by atoms with van der Waals surface area (Å²) in [5.41, 5.74) is 12.9. The number of hydrogen-bond acceptors (Lipinski definition) is 6. The van der Waals surface area contributed by atoms with Gasteiger partial charge in [0.2, 0.25) is 0 Å². The van der Waals surface area contributed by atoms with Crippen LogP contribution in [-0.4, -0.2) is 33.9 Å². The topological polar surface area (TPSA) is 87.6 Å². The number of hydrogen-bond donors (Lipinski definition) is 2. The molecule has 0 saturated carbocycles. The van der Waals surface area contributed by atoms with E-state index in [1.165, 1.54) is 11.1 Å². The Labute approximate surface area is 166 Å². The Hall–Kier alpha value is -2.31. The number of aliphatic hydroxyl groups is 1. The standard InChI is InChI=1S/C21H25N5O.CH4/c1-13-18-16(11-23-13)25-20(17(12-27)24-18)26-8-6-21(7-9-26)10-14-4-2-3-5-15(14)19(21)22;/h2-5,19,27H,6-12,22H2,1H3;1H4/t19-;/m1./s1. The van der Waals surface area contributed by atoms with Crippen LogP contribution in [0.15, 0.2) is 29.3 Å². The van der Waals surface area contributed by atoms with Gasteiger partial charge >= 0.3 is 0 Å². The molecule has 5 rings (SSSR count). The molecule has 1 aliphatic carbocycles. The summed E-state index contributed by atoms with van der Waals surface area (Å²) < 4.78 is 0. The number of rotatable bonds is 2. The van der Waals surface area contributed by atoms with Crippen molar-refractivity contribution in [3.8, 4) is 0 Å². The van der Waals surface area contributed by atoms with Crippen molar-refractivity contribution in [2.75, 3.05) is 18.0 Å². The molecule has 0 bridgehead atoms. The second kappa shape index (κ2) is 6.94. The van der Waals surface area contributed by atoms with E-state index in [0.29, 0.717) is 12.2 Å². The number of piperidine rings is 1. The second-order valence-corrected chi connectivity index (χ2v) is 8.05. The van der Waals surface area contributed by atoms with Crippen molar-refractivity contribution in [2.45, 2.75) is 52.8 Å². The number of nitrogens with two attached hydrogens (primary N) is 1. The molecule has 1 fully saturated rings. The number of anilines is 1. The molecule has 3 aliphatic rings. The van der Waals surface area contributed by atoms with Gasteiger partial charge in [0.15, 0.2) is 5.82 Å². The highest BCUT2D eigenvalue weighted by Gasteiger charge is 2.46. The molecule has 1 saturated heterocycles. The quantitative estimate of drug-likeness (QED) is 0.838. The maximum atomic E-state index is 9.84. The van der Waals surface area contributed by atoms with Gasteiger partial charge in [-0.1, -0.05) is 31.7 Å². The molecular formula is C22H29N5O. The zero-order valence-electron chi connectivity index (χ0n) is 15.6. The monoisotopic (exact) mass is 379 g/mol. The zero-order valence-corrected chi connectivity index (χ0v) is 15.6. The van der Waals surface area contributed by atoms with Gasteiger partial charge in [-0.3, -0.25) is 4.99 Å². The lowest BCUT2D eigenvalue weighted by Crippen LogP contribution is -2.45. The highest BCUT2D eigenvalue weighted by Crippen LogP contribution is 2.51. The Morgan fingerprint density at radius 1 is 1.21 bits per heavy atom. The summed E-state index contributed by atoms with van der Waals surface area (Å²) in [6, 6.07) is 8.70. The molecule has 0 unspecified atom stereocenters. The van der Waals surface area contributed by atoms with Crippen molar-refractivity contribution in [2.24, 2.45) is 16.1 Å². The molecule has 0 amide bonds. The SMILES string of the molecule is C.CC1=NCc2nc(N3CCC4(CC3)Cc3ccccc3[C@H]4N)c(CO)nc21. The lowest BCUT2D eigenvalue weighted by atomic mass is 9.73. The van der Waals surface area contributed by atoms with E-state index in [1.54, 1.807) is 0 Å². The fourth-order valence-corrected chi connectivity index (χ4v) is 4.99. The summed E-state index contributed by atoms with van der Waals surface area (Å²) in [5.74, 6) is 0.820. The fraction of sp³-hybridized carbons (Fsp3) is 0.500. The minimum absolute atomic E-state index is 0. The molecule has 1 aromatic heterocycles. The summed E-state index contributed by atoms with van der Waals surface area (Å²) >= 11 is 0. The molecule has 3 heterocycles. The first-order valence-corrected chi connectivity index (χ1v) is 9.72. The maximum Gasteiger partial charge on any atom is 0.153 e. The van der Waals surface area contributed by atoms with Crippen molar-refractivity contribution in [3.63, 3.8) is 0 Å². The normalized spacial score (nSPS) is 21.9. The van der Waals surface area contributed by atoms with Gasteiger partial charge in [0.25, 0.3) is 0 Å². The minimum Gasteiger partial charge on any atom is -0.390 e. The Morgan fingerprint density at radius 3 is 2.68 bits per heavy atom. The van der Waals surface area contributed by atoms with Gasteiger partial charge in [0, 0.05) is 19.1 Å². The molecule has 1 aromatic carbocycles. The predicted molar refractivity (Wildman–Crippen MR) is 112 cm³/mol. The molecule has 0 radical (unpaired) electrons. The Morgan fingerprint density at radius 2 is 1.96 bits per heavy atom. The van der Waals surface area contributed by atoms with Crippen molar-refractivity contribution < 1.29 is 5.11 Å². The van der Waals surface area contributed by atoms with E-state index >= 15 is 0 Å². The van der Waals surface area contributed by atoms with Crippen molar-refractivity contribution in [3.05, 3.63) is 52.5 Å². The third-order valence-electron chi connectivity index (χ3n) is 6.63. The van der Waals surface area contributed by atoms with E-state index < -0.39 is 0 Å². The number of benzene rings is 1. The van der Waals surface area contributed by atoms with E-state index in [-0.39, 0.29) is 25.5 Å². The summed E-state index contributed by atoms with van der Waals surface area (Å²) in [4.78, 5) is 16.2. The molecule has 6 nitrogen and oxygen atoms in total. The van der Waals surface area contributed by atoms with Gasteiger partial charge in [0.05, 0.1) is 24.6 Å². The van der Waals surface area contributed by atoms with Crippen LogP contribution in [0.2, 0.25) is 0 Å². The van der Waals surface area contributed by atoms with Crippen LogP contribution >= 0.6 is 0 Å². The van der Waals surface area contributed by atoms with E-state index in [1.807, 2.05) is 6.92 Å². The molecule has 148 valence electrons. The highest BCUT2D eigenvalue weighted by molar-refractivity contribution is 5.99. The zero-order chi connectivity index (χ0) is 18.6. The van der Waals surface area contributed by atoms with Crippen LogP contribution in [0.3, 0.4) is 0 Å². The van der Waals surface area contributed by atoms with Crippen LogP contribution in [-0.2, 0) is 19.6 Å². The molecule has 3 N–H and O–H groups in total. The van der Waals surface area contributed by atoms with Crippen LogP contribution in [0.4, 0.5) is 5.82 Å². The van der Waals surface area contributed by atoms with Gasteiger partial charge in [0.1, 0.15) is 11.4 Å². The number of nitrogens with zero attached hydrogens (tertiary/aromatic N) is 4. The Bertz CT molecular complexity index is 931. The molecule has 1 atom stereocenters. The molecular weight excluding hydrogens is 350 g/mol. The van der Waals surface area contributed by atoms with E-state index in [0.717, 1.165) is 55.3 Å². The van der Waals surface area contributed by atoms with Gasteiger partial charge < -0.3 is 15.7 Å². The summed E-state index contributed by atoms with van der Waals surface area (Å²) in [7, 11) is 0. The van der Waals surface area contributed by atoms with Gasteiger partial charge in [-0.2, -0.15) is 0 Å². The lowest BCUT2D eigenvalue weighted by Gasteiger charge is -2.43. The van der Waals surface area contributed by atoms with Crippen molar-refractivity contribution in [1.29, 1.82) is 0 Å². The average molecular weight is 380 g/mol. The largest absolute Gasteiger partial charge is 0.390 e. The number of aromatic nitrogens is 2. The van der Waals surface area contributed by atoms with Crippen LogP contribution in [0.5, 0.6) is 0 Å². The van der Waals surface area contributed by atoms with E-state index in [2.05, 4.69) is 39.1 Å². The van der Waals surface area contributed by atoms with Crippen LogP contribution < -0.4 is 10.6 Å². The van der Waals surface area contributed by atoms with Crippen LogP contribution in [0.25, 0.3) is 0 Å². The van der Waals surface area contributed by atoms with Crippen molar-refractivity contribution >= 4 is 11.5 Å². The van der Waals surface area contributed by atoms with E-state index in [4.69, 9.17) is 10.7 Å². The molecule has 2 aromatic rings. The Balaban J connectivity index is 0.00000192. The smallest absolute Gasteiger partial charge is 0.153 e. The van der Waals surface area contributed by atoms with Crippen LogP contribution in [0, 0.1) is 5.41 Å². The predicted octanol–water partition coefficient (Wildman–Crippen LogP) is 2.77. The van der Waals surface area contributed by atoms with Crippen molar-refractivity contribution in [1.82, 2.24) is 9.97 Å². The number of fused-ring (bicyclic) bond motifs is 2. The third kappa shape index (κ3) is 2.74. The number of aliphatic hydroxyl groups excluding tert-OH is 1. The fourth-order valence-electron chi connectivity index (χ4n) is 4.99. The molecule has 28 heavy (non-hydrogen) atoms. The summed E-state index contributed by atoms with van der Waals surface area (Å²) in [6.07, 6.45) is 3.12. The van der Waals surface area contributed by atoms with Crippen LogP contribution in [0.1, 0.15) is 61.4 Å². The first kappa shape index (κ1) is 19.0. The maximum absolute atomic E-state index is 9.84. The first-order chi connectivity index (χ1) is 13.1. The van der Waals surface area contributed by atoms with E-state index in [9.17, 15) is 5.11 Å². The summed E-state index contributed by atoms with van der Waals surface area (Å²) in [5, 5.41) is 9.84. The number of aliphatic imine (C=N–C) groups is 1. The second-order valence-electron chi connectivity index (χ2n) is 8.05. The highest BCUT2D eigenvalue weighted by atomic mass is 16.3. The molecule has 1 spiro atoms. The molecule has 6 heteroatoms. The van der Waals surface area contributed by atoms with Gasteiger partial charge in [-0.25, -0.2) is 9.97 Å². The minimum atomic E-state index is -0.102. The summed E-state index contributed by atoms with van der Waals surface area (Å²) in [6.45, 7) is 4.22. The average Bonchev–Trinajstić information content (AvgIpc) is 3.19. The lowest BCUT2D eigenvalue weighted by molar-refractivity contribution is 0.186. The van der Waals surface area contributed by atoms with Gasteiger partial charge in [-0.15, -0.1) is 0 Å². The van der Waals surface area contributed by atoms with Gasteiger partial charge in [-0.05, 0) is 42.7 Å². The Kier molecular flexibility index (Phi) is 4.71. The first-order valence-electron chi connectivity index (χ1n) is 9.72. The third-order valence-corrected chi connectivity index (χ3v) is 6.63. The molecule has 2 aliphatic heterocycles.